The number of nitrogens with two attached hydrogens (primary N) is 1. The second-order valence-corrected chi connectivity index (χ2v) is 7.63. The molecule has 0 spiro atoms. The summed E-state index contributed by atoms with van der Waals surface area (Å²) in [5, 5.41) is 6.31. The first-order chi connectivity index (χ1) is 12.4. The number of rotatable bonds is 4. The van der Waals surface area contributed by atoms with Crippen molar-refractivity contribution >= 4 is 44.2 Å². The zero-order valence-corrected chi connectivity index (χ0v) is 15.5. The molecule has 0 aliphatic heterocycles. The maximum absolute atomic E-state index is 11.4. The van der Waals surface area contributed by atoms with E-state index in [2.05, 4.69) is 15.0 Å². The summed E-state index contributed by atoms with van der Waals surface area (Å²) in [6.07, 6.45) is 1.82. The predicted octanol–water partition coefficient (Wildman–Crippen LogP) is 3.40. The van der Waals surface area contributed by atoms with Crippen LogP contribution in [0.25, 0.3) is 32.5 Å². The third kappa shape index (κ3) is 2.72. The van der Waals surface area contributed by atoms with Crippen LogP contribution in [0, 0.1) is 0 Å². The fourth-order valence-electron chi connectivity index (χ4n) is 2.97. The van der Waals surface area contributed by atoms with E-state index in [1.54, 1.807) is 6.92 Å². The molecule has 8 heteroatoms. The number of benzene rings is 1. The summed E-state index contributed by atoms with van der Waals surface area (Å²) in [5.74, 6) is 0.517. The summed E-state index contributed by atoms with van der Waals surface area (Å²) in [6, 6.07) is 6.13. The van der Waals surface area contributed by atoms with Gasteiger partial charge < -0.3 is 5.73 Å². The first kappa shape index (κ1) is 16.6. The van der Waals surface area contributed by atoms with E-state index in [0.717, 1.165) is 37.5 Å². The normalized spacial score (nSPS) is 11.7. The molecule has 0 aliphatic carbocycles. The quantitative estimate of drug-likeness (QED) is 0.594. The molecule has 2 N–H and O–H groups in total. The lowest BCUT2D eigenvalue weighted by Crippen LogP contribution is -2.04. The van der Waals surface area contributed by atoms with E-state index in [0.29, 0.717) is 12.2 Å². The van der Waals surface area contributed by atoms with Gasteiger partial charge in [-0.2, -0.15) is 5.10 Å². The second kappa shape index (κ2) is 6.14. The zero-order chi connectivity index (χ0) is 18.4. The maximum atomic E-state index is 11.4. The van der Waals surface area contributed by atoms with Crippen molar-refractivity contribution < 1.29 is 4.79 Å². The number of hydrogen-bond acceptors (Lipinski definition) is 7. The van der Waals surface area contributed by atoms with Crippen LogP contribution in [-0.4, -0.2) is 30.5 Å². The Morgan fingerprint density at radius 2 is 2.12 bits per heavy atom. The highest BCUT2D eigenvalue weighted by Crippen LogP contribution is 2.34. The number of aromatic nitrogens is 5. The van der Waals surface area contributed by atoms with Gasteiger partial charge in [0.1, 0.15) is 28.6 Å². The molecular weight excluding hydrogens is 348 g/mol. The van der Waals surface area contributed by atoms with Crippen molar-refractivity contribution in [3.05, 3.63) is 29.5 Å². The Morgan fingerprint density at radius 3 is 2.85 bits per heavy atom. The number of fused-ring (bicyclic) bond motifs is 2. The molecule has 0 unspecified atom stereocenters. The molecule has 7 nitrogen and oxygen atoms in total. The monoisotopic (exact) mass is 366 g/mol. The van der Waals surface area contributed by atoms with Gasteiger partial charge in [0.05, 0.1) is 22.0 Å². The highest BCUT2D eigenvalue weighted by Gasteiger charge is 2.19. The first-order valence-corrected chi connectivity index (χ1v) is 9.13. The number of Topliss-reactive ketones (excluding diaryl/α,β-unsaturated/α-hetero) is 1. The standard InChI is InChI=1S/C18H18N6OS/c1-9(2)24-18-15(17(19)20-8-21-18)16(23-24)11-4-5-13-12(7-11)22-14(26-13)6-10(3)25/h4-5,7-9H,6H2,1-3H3,(H2,19,20,21). The fraction of sp³-hybridized carbons (Fsp3) is 0.278. The van der Waals surface area contributed by atoms with Crippen LogP contribution >= 0.6 is 11.3 Å². The van der Waals surface area contributed by atoms with E-state index >= 15 is 0 Å². The summed E-state index contributed by atoms with van der Waals surface area (Å²) >= 11 is 1.54. The predicted molar refractivity (Wildman–Crippen MR) is 103 cm³/mol. The Balaban J connectivity index is 1.91. The minimum Gasteiger partial charge on any atom is -0.383 e. The van der Waals surface area contributed by atoms with Crippen LogP contribution in [0.15, 0.2) is 24.5 Å². The molecule has 0 saturated heterocycles. The van der Waals surface area contributed by atoms with E-state index < -0.39 is 0 Å². The summed E-state index contributed by atoms with van der Waals surface area (Å²) in [6.45, 7) is 5.67. The van der Waals surface area contributed by atoms with Gasteiger partial charge in [-0.1, -0.05) is 6.07 Å². The third-order valence-electron chi connectivity index (χ3n) is 4.11. The van der Waals surface area contributed by atoms with Gasteiger partial charge in [-0.15, -0.1) is 11.3 Å². The van der Waals surface area contributed by atoms with Crippen LogP contribution in [-0.2, 0) is 11.2 Å². The molecule has 4 aromatic rings. The summed E-state index contributed by atoms with van der Waals surface area (Å²) < 4.78 is 2.90. The molecule has 0 amide bonds. The molecule has 26 heavy (non-hydrogen) atoms. The van der Waals surface area contributed by atoms with E-state index in [1.165, 1.54) is 17.7 Å². The number of carbonyl (C=O) groups excluding carboxylic acids is 1. The van der Waals surface area contributed by atoms with Crippen molar-refractivity contribution in [1.82, 2.24) is 24.7 Å². The highest BCUT2D eigenvalue weighted by molar-refractivity contribution is 7.18. The number of thiazole rings is 1. The average molecular weight is 366 g/mol. The average Bonchev–Trinajstić information content (AvgIpc) is 3.14. The maximum Gasteiger partial charge on any atom is 0.164 e. The molecule has 1 aromatic carbocycles. The number of carbonyl (C=O) groups is 1. The summed E-state index contributed by atoms with van der Waals surface area (Å²) in [5.41, 5.74) is 9.35. The molecule has 3 heterocycles. The Kier molecular flexibility index (Phi) is 3.91. The number of hydrogen-bond donors (Lipinski definition) is 1. The molecule has 132 valence electrons. The lowest BCUT2D eigenvalue weighted by Gasteiger charge is -2.05. The molecule has 0 radical (unpaired) electrons. The Bertz CT molecular complexity index is 1140. The number of nitrogens with zero attached hydrogens (tertiary/aromatic N) is 5. The molecule has 0 atom stereocenters. The Labute approximate surface area is 153 Å². The van der Waals surface area contributed by atoms with Gasteiger partial charge >= 0.3 is 0 Å². The van der Waals surface area contributed by atoms with Crippen LogP contribution in [0.3, 0.4) is 0 Å². The molecule has 0 fully saturated rings. The van der Waals surface area contributed by atoms with Gasteiger partial charge in [0, 0.05) is 11.6 Å². The molecule has 0 bridgehead atoms. The van der Waals surface area contributed by atoms with Gasteiger partial charge in [0.15, 0.2) is 5.65 Å². The lowest BCUT2D eigenvalue weighted by atomic mass is 10.1. The molecular formula is C18H18N6OS. The Hall–Kier alpha value is -2.87. The highest BCUT2D eigenvalue weighted by atomic mass is 32.1. The number of ketones is 1. The SMILES string of the molecule is CC(=O)Cc1nc2cc(-c3nn(C(C)C)c4ncnc(N)c34)ccc2s1. The van der Waals surface area contributed by atoms with Crippen LogP contribution in [0.5, 0.6) is 0 Å². The fourth-order valence-corrected chi connectivity index (χ4v) is 3.99. The van der Waals surface area contributed by atoms with Crippen molar-refractivity contribution in [1.29, 1.82) is 0 Å². The lowest BCUT2D eigenvalue weighted by molar-refractivity contribution is -0.116. The van der Waals surface area contributed by atoms with Crippen molar-refractivity contribution in [2.45, 2.75) is 33.2 Å². The van der Waals surface area contributed by atoms with Crippen LogP contribution in [0.1, 0.15) is 31.8 Å². The first-order valence-electron chi connectivity index (χ1n) is 8.32. The number of anilines is 1. The second-order valence-electron chi connectivity index (χ2n) is 6.51. The van der Waals surface area contributed by atoms with Crippen molar-refractivity contribution in [2.75, 3.05) is 5.73 Å². The van der Waals surface area contributed by atoms with Gasteiger partial charge in [0.25, 0.3) is 0 Å². The van der Waals surface area contributed by atoms with Crippen LogP contribution < -0.4 is 5.73 Å². The molecule has 0 aliphatic rings. The largest absolute Gasteiger partial charge is 0.383 e. The topological polar surface area (TPSA) is 99.6 Å². The summed E-state index contributed by atoms with van der Waals surface area (Å²) in [7, 11) is 0. The van der Waals surface area contributed by atoms with E-state index in [-0.39, 0.29) is 11.8 Å². The van der Waals surface area contributed by atoms with Crippen molar-refractivity contribution in [2.24, 2.45) is 0 Å². The van der Waals surface area contributed by atoms with Crippen molar-refractivity contribution in [3.8, 4) is 11.3 Å². The van der Waals surface area contributed by atoms with Gasteiger partial charge in [-0.3, -0.25) is 4.79 Å². The van der Waals surface area contributed by atoms with Crippen LogP contribution in [0.4, 0.5) is 5.82 Å². The minimum absolute atomic E-state index is 0.107. The molecule has 4 rings (SSSR count). The van der Waals surface area contributed by atoms with Gasteiger partial charge in [-0.25, -0.2) is 19.6 Å². The van der Waals surface area contributed by atoms with E-state index in [9.17, 15) is 4.79 Å². The van der Waals surface area contributed by atoms with Crippen LogP contribution in [0.2, 0.25) is 0 Å². The van der Waals surface area contributed by atoms with Crippen molar-refractivity contribution in [3.63, 3.8) is 0 Å². The summed E-state index contributed by atoms with van der Waals surface area (Å²) in [4.78, 5) is 24.4. The van der Waals surface area contributed by atoms with E-state index in [1.807, 2.05) is 36.7 Å². The third-order valence-corrected chi connectivity index (χ3v) is 5.15. The Morgan fingerprint density at radius 1 is 1.31 bits per heavy atom. The minimum atomic E-state index is 0.107. The van der Waals surface area contributed by atoms with Gasteiger partial charge in [-0.05, 0) is 32.9 Å². The zero-order valence-electron chi connectivity index (χ0n) is 14.7. The molecule has 0 saturated carbocycles. The number of nitrogen functional groups attached to an aromatic ring is 1. The van der Waals surface area contributed by atoms with E-state index in [4.69, 9.17) is 10.8 Å². The molecule has 3 aromatic heterocycles. The van der Waals surface area contributed by atoms with Gasteiger partial charge in [0.2, 0.25) is 0 Å². The smallest absolute Gasteiger partial charge is 0.164 e.